The predicted octanol–water partition coefficient (Wildman–Crippen LogP) is 3.15. The summed E-state index contributed by atoms with van der Waals surface area (Å²) in [6.07, 6.45) is 0.332. The first-order valence-corrected chi connectivity index (χ1v) is 9.92. The van der Waals surface area contributed by atoms with Crippen LogP contribution in [0.4, 0.5) is 0 Å². The number of carbonyl (C=O) groups excluding carboxylic acids is 1. The van der Waals surface area contributed by atoms with Gasteiger partial charge in [0.2, 0.25) is 5.91 Å². The normalized spacial score (nSPS) is 16.3. The van der Waals surface area contributed by atoms with Gasteiger partial charge in [-0.3, -0.25) is 9.89 Å². The monoisotopic (exact) mass is 419 g/mol. The molecule has 0 spiro atoms. The van der Waals surface area contributed by atoms with Crippen molar-refractivity contribution in [3.63, 3.8) is 0 Å². The van der Waals surface area contributed by atoms with Gasteiger partial charge in [-0.1, -0.05) is 23.4 Å². The zero-order valence-corrected chi connectivity index (χ0v) is 17.2. The van der Waals surface area contributed by atoms with Crippen molar-refractivity contribution < 1.29 is 18.8 Å². The van der Waals surface area contributed by atoms with E-state index in [9.17, 15) is 4.79 Å². The Morgan fingerprint density at radius 3 is 2.90 bits per heavy atom. The molecule has 2 aromatic carbocycles. The number of methoxy groups -OCH3 is 2. The van der Waals surface area contributed by atoms with E-state index in [4.69, 9.17) is 14.0 Å². The second-order valence-electron chi connectivity index (χ2n) is 7.43. The molecule has 0 bridgehead atoms. The van der Waals surface area contributed by atoms with Gasteiger partial charge in [-0.15, -0.1) is 0 Å². The number of amides is 1. The fourth-order valence-electron chi connectivity index (χ4n) is 3.91. The highest BCUT2D eigenvalue weighted by Gasteiger charge is 2.34. The van der Waals surface area contributed by atoms with Crippen LogP contribution in [0.25, 0.3) is 22.5 Å². The lowest BCUT2D eigenvalue weighted by molar-refractivity contribution is -0.128. The molecule has 158 valence electrons. The average Bonchev–Trinajstić information content (AvgIpc) is 3.52. The molecule has 3 heterocycles. The molecule has 1 unspecified atom stereocenters. The molecule has 0 saturated carbocycles. The van der Waals surface area contributed by atoms with E-state index < -0.39 is 0 Å². The number of hydrogen-bond donors (Lipinski definition) is 1. The zero-order valence-electron chi connectivity index (χ0n) is 17.2. The fourth-order valence-corrected chi connectivity index (χ4v) is 3.91. The number of likely N-dealkylation sites (tertiary alicyclic amines) is 1. The number of nitrogens with one attached hydrogen (secondary N) is 1. The Kier molecular flexibility index (Phi) is 4.78. The molecule has 2 aromatic heterocycles. The molecule has 5 rings (SSSR count). The number of aromatic amines is 1. The van der Waals surface area contributed by atoms with Gasteiger partial charge in [0.05, 0.1) is 19.7 Å². The Hall–Kier alpha value is -3.88. The van der Waals surface area contributed by atoms with Gasteiger partial charge in [0.1, 0.15) is 11.5 Å². The van der Waals surface area contributed by atoms with E-state index in [0.29, 0.717) is 48.4 Å². The summed E-state index contributed by atoms with van der Waals surface area (Å²) in [7, 11) is 3.21. The molecule has 1 saturated heterocycles. The van der Waals surface area contributed by atoms with Crippen LogP contribution in [0.15, 0.2) is 47.0 Å². The lowest BCUT2D eigenvalue weighted by Gasteiger charge is -2.18. The van der Waals surface area contributed by atoms with Crippen LogP contribution in [0.2, 0.25) is 0 Å². The molecular formula is C22H21N5O4. The summed E-state index contributed by atoms with van der Waals surface area (Å²) in [5.41, 5.74) is 2.42. The minimum absolute atomic E-state index is 0.0411. The number of rotatable bonds is 6. The molecule has 9 heteroatoms. The molecule has 1 amide bonds. The largest absolute Gasteiger partial charge is 0.497 e. The van der Waals surface area contributed by atoms with Crippen molar-refractivity contribution in [1.82, 2.24) is 25.2 Å². The molecule has 1 atom stereocenters. The van der Waals surface area contributed by atoms with E-state index >= 15 is 0 Å². The van der Waals surface area contributed by atoms with E-state index in [-0.39, 0.29) is 11.8 Å². The molecule has 1 N–H and O–H groups in total. The second-order valence-corrected chi connectivity index (χ2v) is 7.43. The van der Waals surface area contributed by atoms with Crippen LogP contribution in [0.3, 0.4) is 0 Å². The van der Waals surface area contributed by atoms with Crippen molar-refractivity contribution in [3.8, 4) is 23.1 Å². The Morgan fingerprint density at radius 1 is 1.19 bits per heavy atom. The van der Waals surface area contributed by atoms with E-state index in [1.807, 2.05) is 42.5 Å². The summed E-state index contributed by atoms with van der Waals surface area (Å²) < 4.78 is 16.2. The Balaban J connectivity index is 1.34. The Labute approximate surface area is 178 Å². The standard InChI is InChI=1S/C22H21N5O4/c1-29-15-8-7-13(18(10-15)30-2)11-27-12-14(9-19(27)28)21-23-22(31-26-21)20-16-5-3-4-6-17(16)24-25-20/h3-8,10,14H,9,11-12H2,1-2H3,(H,24,25). The lowest BCUT2D eigenvalue weighted by Crippen LogP contribution is -2.24. The number of hydrogen-bond acceptors (Lipinski definition) is 7. The van der Waals surface area contributed by atoms with Crippen LogP contribution >= 0.6 is 0 Å². The number of para-hydroxylation sites is 1. The van der Waals surface area contributed by atoms with Gasteiger partial charge in [0, 0.05) is 42.4 Å². The number of benzene rings is 2. The van der Waals surface area contributed by atoms with Crippen molar-refractivity contribution in [2.75, 3.05) is 20.8 Å². The highest BCUT2D eigenvalue weighted by molar-refractivity contribution is 5.90. The van der Waals surface area contributed by atoms with Crippen LogP contribution in [0.1, 0.15) is 23.7 Å². The fraction of sp³-hybridized carbons (Fsp3) is 0.273. The summed E-state index contributed by atoms with van der Waals surface area (Å²) >= 11 is 0. The van der Waals surface area contributed by atoms with Crippen molar-refractivity contribution >= 4 is 16.8 Å². The minimum Gasteiger partial charge on any atom is -0.497 e. The molecule has 1 aliphatic rings. The minimum atomic E-state index is -0.139. The van der Waals surface area contributed by atoms with Gasteiger partial charge < -0.3 is 18.9 Å². The number of fused-ring (bicyclic) bond motifs is 1. The van der Waals surface area contributed by atoms with Crippen molar-refractivity contribution in [3.05, 3.63) is 53.9 Å². The van der Waals surface area contributed by atoms with Gasteiger partial charge >= 0.3 is 0 Å². The molecular weight excluding hydrogens is 398 g/mol. The van der Waals surface area contributed by atoms with Crippen molar-refractivity contribution in [2.24, 2.45) is 0 Å². The lowest BCUT2D eigenvalue weighted by atomic mass is 10.1. The summed E-state index contributed by atoms with van der Waals surface area (Å²) in [5, 5.41) is 12.3. The SMILES string of the molecule is COc1ccc(CN2CC(c3noc(-c4n[nH]c5ccccc45)n3)CC2=O)c(OC)c1. The third kappa shape index (κ3) is 3.48. The van der Waals surface area contributed by atoms with Crippen LogP contribution < -0.4 is 9.47 Å². The van der Waals surface area contributed by atoms with Gasteiger partial charge in [-0.2, -0.15) is 10.1 Å². The van der Waals surface area contributed by atoms with Crippen LogP contribution in [-0.2, 0) is 11.3 Å². The van der Waals surface area contributed by atoms with Gasteiger partial charge in [0.15, 0.2) is 11.5 Å². The summed E-state index contributed by atoms with van der Waals surface area (Å²) in [5.74, 6) is 2.15. The van der Waals surface area contributed by atoms with Crippen LogP contribution in [0, 0.1) is 0 Å². The van der Waals surface area contributed by atoms with Gasteiger partial charge in [-0.25, -0.2) is 0 Å². The number of ether oxygens (including phenoxy) is 2. The van der Waals surface area contributed by atoms with Gasteiger partial charge in [-0.05, 0) is 18.2 Å². The molecule has 0 aliphatic carbocycles. The quantitative estimate of drug-likeness (QED) is 0.512. The number of aromatic nitrogens is 4. The van der Waals surface area contributed by atoms with Crippen molar-refractivity contribution in [1.29, 1.82) is 0 Å². The van der Waals surface area contributed by atoms with Crippen LogP contribution in [0.5, 0.6) is 11.5 Å². The molecule has 4 aromatic rings. The smallest absolute Gasteiger partial charge is 0.279 e. The van der Waals surface area contributed by atoms with E-state index in [1.165, 1.54) is 0 Å². The van der Waals surface area contributed by atoms with E-state index in [1.54, 1.807) is 19.1 Å². The highest BCUT2D eigenvalue weighted by atomic mass is 16.5. The number of carbonyl (C=O) groups is 1. The van der Waals surface area contributed by atoms with E-state index in [2.05, 4.69) is 20.3 Å². The molecule has 1 aliphatic heterocycles. The first kappa shape index (κ1) is 19.1. The summed E-state index contributed by atoms with van der Waals surface area (Å²) in [6, 6.07) is 13.3. The third-order valence-corrected chi connectivity index (χ3v) is 5.55. The topological polar surface area (TPSA) is 106 Å². The first-order chi connectivity index (χ1) is 15.2. The maximum atomic E-state index is 12.7. The van der Waals surface area contributed by atoms with Crippen LogP contribution in [-0.4, -0.2) is 51.9 Å². The second kappa shape index (κ2) is 7.75. The molecule has 0 radical (unpaired) electrons. The summed E-state index contributed by atoms with van der Waals surface area (Å²) in [6.45, 7) is 0.950. The Bertz CT molecular complexity index is 1250. The third-order valence-electron chi connectivity index (χ3n) is 5.55. The Morgan fingerprint density at radius 2 is 2.06 bits per heavy atom. The average molecular weight is 419 g/mol. The number of nitrogens with zero attached hydrogens (tertiary/aromatic N) is 4. The highest BCUT2D eigenvalue weighted by Crippen LogP contribution is 2.32. The molecule has 9 nitrogen and oxygen atoms in total. The maximum Gasteiger partial charge on any atom is 0.279 e. The predicted molar refractivity (Wildman–Crippen MR) is 112 cm³/mol. The molecule has 1 fully saturated rings. The summed E-state index contributed by atoms with van der Waals surface area (Å²) in [4.78, 5) is 19.0. The maximum absolute atomic E-state index is 12.7. The molecule has 31 heavy (non-hydrogen) atoms. The number of H-pyrrole nitrogens is 1. The van der Waals surface area contributed by atoms with E-state index in [0.717, 1.165) is 16.5 Å². The van der Waals surface area contributed by atoms with Crippen molar-refractivity contribution in [2.45, 2.75) is 18.9 Å². The zero-order chi connectivity index (χ0) is 21.4. The van der Waals surface area contributed by atoms with Gasteiger partial charge in [0.25, 0.3) is 5.89 Å². The first-order valence-electron chi connectivity index (χ1n) is 9.92.